The molecule has 0 aromatic heterocycles. The number of nitrogens with two attached hydrogens (primary N) is 1. The lowest BCUT2D eigenvalue weighted by molar-refractivity contribution is -0.143. The fourth-order valence-corrected chi connectivity index (χ4v) is 4.68. The van der Waals surface area contributed by atoms with Gasteiger partial charge in [-0.05, 0) is 62.9 Å². The molecule has 0 bridgehead atoms. The van der Waals surface area contributed by atoms with Gasteiger partial charge in [-0.2, -0.15) is 0 Å². The van der Waals surface area contributed by atoms with Gasteiger partial charge in [0.1, 0.15) is 23.4 Å². The van der Waals surface area contributed by atoms with E-state index in [1.807, 2.05) is 30.3 Å². The number of hydrogen-bond acceptors (Lipinski definition) is 6. The van der Waals surface area contributed by atoms with Gasteiger partial charge in [0.05, 0.1) is 6.42 Å². The zero-order chi connectivity index (χ0) is 32.0. The van der Waals surface area contributed by atoms with Gasteiger partial charge in [0.15, 0.2) is 0 Å². The fourth-order valence-electron chi connectivity index (χ4n) is 4.68. The molecule has 0 aliphatic carbocycles. The van der Waals surface area contributed by atoms with Gasteiger partial charge in [-0.15, -0.1) is 0 Å². The van der Waals surface area contributed by atoms with Crippen LogP contribution in [0.2, 0.25) is 0 Å². The third-order valence-electron chi connectivity index (χ3n) is 6.84. The summed E-state index contributed by atoms with van der Waals surface area (Å²) in [5.74, 6) is -1.81. The van der Waals surface area contributed by atoms with Crippen molar-refractivity contribution in [3.63, 3.8) is 0 Å². The van der Waals surface area contributed by atoms with Crippen molar-refractivity contribution in [3.8, 4) is 5.75 Å². The summed E-state index contributed by atoms with van der Waals surface area (Å²) in [4.78, 5) is 54.2. The number of carbonyl (C=O) groups excluding carboxylic acids is 4. The number of rotatable bonds is 16. The van der Waals surface area contributed by atoms with Gasteiger partial charge in [-0.1, -0.05) is 75.4 Å². The SMILES string of the molecule is CCCCCCCCN(C(=O)C(CC(N)=O)NC(=O)OC(C)(C)C)C(C(=O)NCc1ccccc1)c1ccc(O)c(C)c1. The molecule has 2 unspecified atom stereocenters. The Hall–Kier alpha value is -4.08. The molecule has 10 heteroatoms. The maximum absolute atomic E-state index is 14.2. The Balaban J connectivity index is 2.49. The Morgan fingerprint density at radius 2 is 1.63 bits per heavy atom. The lowest BCUT2D eigenvalue weighted by atomic mass is 9.99. The summed E-state index contributed by atoms with van der Waals surface area (Å²) in [5.41, 5.74) is 6.54. The van der Waals surface area contributed by atoms with Crippen LogP contribution in [0, 0.1) is 6.92 Å². The molecule has 43 heavy (non-hydrogen) atoms. The molecule has 5 N–H and O–H groups in total. The number of hydrogen-bond donors (Lipinski definition) is 4. The number of nitrogens with zero attached hydrogens (tertiary/aromatic N) is 1. The van der Waals surface area contributed by atoms with Crippen LogP contribution in [0.25, 0.3) is 0 Å². The number of alkyl carbamates (subject to hydrolysis) is 1. The van der Waals surface area contributed by atoms with E-state index < -0.39 is 47.9 Å². The normalized spacial score (nSPS) is 12.6. The Labute approximate surface area is 255 Å². The van der Waals surface area contributed by atoms with Crippen molar-refractivity contribution in [2.24, 2.45) is 5.73 Å². The zero-order valence-corrected chi connectivity index (χ0v) is 26.2. The van der Waals surface area contributed by atoms with Gasteiger partial charge in [0, 0.05) is 13.1 Å². The van der Waals surface area contributed by atoms with E-state index in [2.05, 4.69) is 17.6 Å². The molecule has 236 valence electrons. The van der Waals surface area contributed by atoms with Crippen LogP contribution >= 0.6 is 0 Å². The Morgan fingerprint density at radius 1 is 0.977 bits per heavy atom. The molecule has 0 saturated carbocycles. The summed E-state index contributed by atoms with van der Waals surface area (Å²) in [6.07, 6.45) is 4.32. The minimum absolute atomic E-state index is 0.0548. The number of phenolic OH excluding ortho intramolecular Hbond substituents is 1. The number of ether oxygens (including phenoxy) is 1. The van der Waals surface area contributed by atoms with E-state index in [-0.39, 0.29) is 18.8 Å². The van der Waals surface area contributed by atoms with E-state index in [4.69, 9.17) is 10.5 Å². The van der Waals surface area contributed by atoms with Gasteiger partial charge in [-0.3, -0.25) is 14.4 Å². The molecule has 0 aliphatic rings. The maximum Gasteiger partial charge on any atom is 0.408 e. The van der Waals surface area contributed by atoms with E-state index in [0.717, 1.165) is 37.7 Å². The van der Waals surface area contributed by atoms with E-state index in [1.165, 1.54) is 11.0 Å². The summed E-state index contributed by atoms with van der Waals surface area (Å²) >= 11 is 0. The summed E-state index contributed by atoms with van der Waals surface area (Å²) in [6.45, 7) is 9.31. The molecule has 0 aliphatic heterocycles. The van der Waals surface area contributed by atoms with Crippen molar-refractivity contribution < 1.29 is 29.0 Å². The highest BCUT2D eigenvalue weighted by Crippen LogP contribution is 2.28. The summed E-state index contributed by atoms with van der Waals surface area (Å²) in [6, 6.07) is 11.7. The first-order valence-electron chi connectivity index (χ1n) is 15.0. The lowest BCUT2D eigenvalue weighted by Crippen LogP contribution is -2.54. The van der Waals surface area contributed by atoms with E-state index in [1.54, 1.807) is 39.8 Å². The molecule has 0 spiro atoms. The highest BCUT2D eigenvalue weighted by atomic mass is 16.6. The predicted octanol–water partition coefficient (Wildman–Crippen LogP) is 5.02. The molecule has 2 rings (SSSR count). The number of benzene rings is 2. The fraction of sp³-hybridized carbons (Fsp3) is 0.515. The maximum atomic E-state index is 14.2. The predicted molar refractivity (Wildman–Crippen MR) is 166 cm³/mol. The molecule has 0 fully saturated rings. The minimum Gasteiger partial charge on any atom is -0.508 e. The average Bonchev–Trinajstić information content (AvgIpc) is 2.93. The topological polar surface area (TPSA) is 151 Å². The van der Waals surface area contributed by atoms with Crippen LogP contribution in [0.5, 0.6) is 5.75 Å². The van der Waals surface area contributed by atoms with Crippen LogP contribution < -0.4 is 16.4 Å². The van der Waals surface area contributed by atoms with Crippen LogP contribution in [-0.4, -0.2) is 52.0 Å². The van der Waals surface area contributed by atoms with Gasteiger partial charge < -0.3 is 31.1 Å². The molecular formula is C33H48N4O6. The first-order valence-corrected chi connectivity index (χ1v) is 15.0. The number of phenols is 1. The van der Waals surface area contributed by atoms with E-state index >= 15 is 0 Å². The van der Waals surface area contributed by atoms with Crippen molar-refractivity contribution in [1.82, 2.24) is 15.5 Å². The number of primary amides is 1. The first kappa shape index (κ1) is 35.1. The van der Waals surface area contributed by atoms with Crippen LogP contribution in [0.3, 0.4) is 0 Å². The Morgan fingerprint density at radius 3 is 2.23 bits per heavy atom. The molecule has 2 aromatic carbocycles. The second kappa shape index (κ2) is 17.1. The van der Waals surface area contributed by atoms with Crippen molar-refractivity contribution in [2.75, 3.05) is 6.54 Å². The van der Waals surface area contributed by atoms with Crippen molar-refractivity contribution in [3.05, 3.63) is 65.2 Å². The number of carbonyl (C=O) groups is 4. The Bertz CT molecular complexity index is 1210. The molecule has 2 aromatic rings. The number of amides is 4. The summed E-state index contributed by atoms with van der Waals surface area (Å²) in [7, 11) is 0. The van der Waals surface area contributed by atoms with Gasteiger partial charge in [0.25, 0.3) is 0 Å². The van der Waals surface area contributed by atoms with Crippen molar-refractivity contribution in [2.45, 2.75) is 104 Å². The molecule has 0 radical (unpaired) electrons. The number of aryl methyl sites for hydroxylation is 1. The monoisotopic (exact) mass is 596 g/mol. The third kappa shape index (κ3) is 12.4. The highest BCUT2D eigenvalue weighted by Gasteiger charge is 2.37. The quantitative estimate of drug-likeness (QED) is 0.200. The average molecular weight is 597 g/mol. The molecule has 0 heterocycles. The molecule has 2 atom stereocenters. The van der Waals surface area contributed by atoms with Crippen LogP contribution in [0.1, 0.15) is 95.4 Å². The molecule has 0 saturated heterocycles. The first-order chi connectivity index (χ1) is 20.3. The van der Waals surface area contributed by atoms with Gasteiger partial charge in [0.2, 0.25) is 17.7 Å². The smallest absolute Gasteiger partial charge is 0.408 e. The van der Waals surface area contributed by atoms with Crippen LogP contribution in [0.15, 0.2) is 48.5 Å². The second-order valence-corrected chi connectivity index (χ2v) is 11.8. The summed E-state index contributed by atoms with van der Waals surface area (Å²) < 4.78 is 5.34. The van der Waals surface area contributed by atoms with E-state index in [9.17, 15) is 24.3 Å². The van der Waals surface area contributed by atoms with Gasteiger partial charge >= 0.3 is 6.09 Å². The third-order valence-corrected chi connectivity index (χ3v) is 6.84. The Kier molecular flexibility index (Phi) is 14.0. The molecule has 4 amide bonds. The number of unbranched alkanes of at least 4 members (excludes halogenated alkanes) is 5. The highest BCUT2D eigenvalue weighted by molar-refractivity contribution is 5.94. The lowest BCUT2D eigenvalue weighted by Gasteiger charge is -2.34. The molecular weight excluding hydrogens is 548 g/mol. The second-order valence-electron chi connectivity index (χ2n) is 11.8. The van der Waals surface area contributed by atoms with Gasteiger partial charge in [-0.25, -0.2) is 4.79 Å². The largest absolute Gasteiger partial charge is 0.508 e. The number of aromatic hydroxyl groups is 1. The van der Waals surface area contributed by atoms with Crippen LogP contribution in [0.4, 0.5) is 4.79 Å². The minimum atomic E-state index is -1.35. The molecule has 10 nitrogen and oxygen atoms in total. The zero-order valence-electron chi connectivity index (χ0n) is 26.2. The van der Waals surface area contributed by atoms with Crippen LogP contribution in [-0.2, 0) is 25.7 Å². The standard InChI is InChI=1S/C33H48N4O6/c1-6-7-8-9-10-14-19-37(31(41)26(21-28(34)39)36-32(42)43-33(3,4)5)29(25-17-18-27(38)23(2)20-25)30(40)35-22-24-15-12-11-13-16-24/h11-13,15-18,20,26,29,38H,6-10,14,19,21-22H2,1-5H3,(H2,34,39)(H,35,40)(H,36,42). The van der Waals surface area contributed by atoms with Crippen molar-refractivity contribution >= 4 is 23.8 Å². The van der Waals surface area contributed by atoms with E-state index in [0.29, 0.717) is 17.5 Å². The summed E-state index contributed by atoms with van der Waals surface area (Å²) in [5, 5.41) is 15.6. The number of nitrogens with one attached hydrogen (secondary N) is 2. The van der Waals surface area contributed by atoms with Crippen molar-refractivity contribution in [1.29, 1.82) is 0 Å².